The Labute approximate surface area is 138 Å². The van der Waals surface area contributed by atoms with Crippen LogP contribution in [0.25, 0.3) is 0 Å². The van der Waals surface area contributed by atoms with Crippen molar-refractivity contribution in [1.29, 1.82) is 0 Å². The lowest BCUT2D eigenvalue weighted by Crippen LogP contribution is -2.49. The third-order valence-corrected chi connectivity index (χ3v) is 4.73. The molecule has 6 heteroatoms. The van der Waals surface area contributed by atoms with Gasteiger partial charge in [-0.25, -0.2) is 0 Å². The van der Waals surface area contributed by atoms with Crippen LogP contribution in [0.5, 0.6) is 0 Å². The van der Waals surface area contributed by atoms with Crippen LogP contribution in [0.4, 0.5) is 0 Å². The van der Waals surface area contributed by atoms with Gasteiger partial charge in [0.25, 0.3) is 5.91 Å². The Morgan fingerprint density at radius 2 is 1.84 bits per heavy atom. The van der Waals surface area contributed by atoms with E-state index in [2.05, 4.69) is 52.7 Å². The molecule has 0 spiro atoms. The van der Waals surface area contributed by atoms with E-state index in [1.54, 1.807) is 0 Å². The van der Waals surface area contributed by atoms with Crippen LogP contribution in [-0.2, 0) is 0 Å². The average Bonchev–Trinajstić information content (AvgIpc) is 2.39. The number of alkyl halides is 1. The van der Waals surface area contributed by atoms with Gasteiger partial charge < -0.3 is 4.90 Å². The van der Waals surface area contributed by atoms with E-state index >= 15 is 0 Å². The van der Waals surface area contributed by atoms with Crippen molar-refractivity contribution >= 4 is 53.7 Å². The topological polar surface area (TPSA) is 23.6 Å². The summed E-state index contributed by atoms with van der Waals surface area (Å²) < 4.78 is 1.81. The second kappa shape index (κ2) is 7.20. The molecule has 2 rings (SSSR count). The van der Waals surface area contributed by atoms with E-state index in [4.69, 9.17) is 0 Å². The number of halogens is 3. The minimum atomic E-state index is 0.109. The number of hydrogen-bond acceptors (Lipinski definition) is 2. The van der Waals surface area contributed by atoms with Gasteiger partial charge in [-0.3, -0.25) is 9.69 Å². The molecule has 1 saturated heterocycles. The Morgan fingerprint density at radius 3 is 2.42 bits per heavy atom. The van der Waals surface area contributed by atoms with Crippen LogP contribution >= 0.6 is 47.8 Å². The monoisotopic (exact) mass is 452 g/mol. The zero-order chi connectivity index (χ0) is 13.8. The molecule has 104 valence electrons. The van der Waals surface area contributed by atoms with E-state index in [0.29, 0.717) is 0 Å². The van der Waals surface area contributed by atoms with Crippen LogP contribution in [0, 0.1) is 0 Å². The Bertz CT molecular complexity index is 459. The maximum Gasteiger partial charge on any atom is 0.255 e. The van der Waals surface area contributed by atoms with Gasteiger partial charge in [-0.1, -0.05) is 31.9 Å². The van der Waals surface area contributed by atoms with E-state index in [1.165, 1.54) is 0 Å². The molecule has 0 N–H and O–H groups in total. The van der Waals surface area contributed by atoms with E-state index in [9.17, 15) is 4.79 Å². The summed E-state index contributed by atoms with van der Waals surface area (Å²) >= 11 is 10.3. The standard InChI is InChI=1S/C13H15Br3N2O/c14-3-4-17-5-7-18(8-6-17)13(19)11-2-1-10(15)9-12(11)16/h1-2,9H,3-8H2. The molecule has 1 aliphatic rings. The summed E-state index contributed by atoms with van der Waals surface area (Å²) in [4.78, 5) is 16.7. The lowest BCUT2D eigenvalue weighted by molar-refractivity contribution is 0.0644. The predicted octanol–water partition coefficient (Wildman–Crippen LogP) is 3.36. The van der Waals surface area contributed by atoms with Crippen LogP contribution in [0.1, 0.15) is 10.4 Å². The molecule has 0 atom stereocenters. The van der Waals surface area contributed by atoms with Gasteiger partial charge in [0.2, 0.25) is 0 Å². The number of carbonyl (C=O) groups excluding carboxylic acids is 1. The summed E-state index contributed by atoms with van der Waals surface area (Å²) in [5.41, 5.74) is 0.733. The molecular formula is C13H15Br3N2O. The van der Waals surface area contributed by atoms with E-state index in [-0.39, 0.29) is 5.91 Å². The lowest BCUT2D eigenvalue weighted by atomic mass is 10.2. The largest absolute Gasteiger partial charge is 0.336 e. The van der Waals surface area contributed by atoms with Gasteiger partial charge in [-0.2, -0.15) is 0 Å². The van der Waals surface area contributed by atoms with Crippen LogP contribution in [0.15, 0.2) is 27.1 Å². The minimum Gasteiger partial charge on any atom is -0.336 e. The van der Waals surface area contributed by atoms with E-state index < -0.39 is 0 Å². The summed E-state index contributed by atoms with van der Waals surface area (Å²) in [5.74, 6) is 0.109. The van der Waals surface area contributed by atoms with Crippen molar-refractivity contribution in [3.63, 3.8) is 0 Å². The zero-order valence-electron chi connectivity index (χ0n) is 10.4. The number of nitrogens with zero attached hydrogens (tertiary/aromatic N) is 2. The van der Waals surface area contributed by atoms with Gasteiger partial charge in [0.05, 0.1) is 5.56 Å². The van der Waals surface area contributed by atoms with Gasteiger partial charge in [-0.15, -0.1) is 0 Å². The number of piperazine rings is 1. The normalized spacial score (nSPS) is 16.7. The number of amides is 1. The Morgan fingerprint density at radius 1 is 1.16 bits per heavy atom. The second-order valence-corrected chi connectivity index (χ2v) is 7.01. The summed E-state index contributed by atoms with van der Waals surface area (Å²) in [6, 6.07) is 5.68. The minimum absolute atomic E-state index is 0.109. The summed E-state index contributed by atoms with van der Waals surface area (Å²) in [5, 5.41) is 0.985. The first-order chi connectivity index (χ1) is 9.11. The highest BCUT2D eigenvalue weighted by Gasteiger charge is 2.23. The summed E-state index contributed by atoms with van der Waals surface area (Å²) in [6.45, 7) is 4.55. The van der Waals surface area contributed by atoms with Crippen molar-refractivity contribution in [3.05, 3.63) is 32.7 Å². The Balaban J connectivity index is 2.01. The molecule has 1 aromatic rings. The van der Waals surface area contributed by atoms with Crippen molar-refractivity contribution in [2.24, 2.45) is 0 Å². The van der Waals surface area contributed by atoms with Crippen molar-refractivity contribution in [2.45, 2.75) is 0 Å². The number of carbonyl (C=O) groups is 1. The maximum absolute atomic E-state index is 12.4. The Kier molecular flexibility index (Phi) is 5.87. The zero-order valence-corrected chi connectivity index (χ0v) is 15.2. The molecule has 19 heavy (non-hydrogen) atoms. The lowest BCUT2D eigenvalue weighted by Gasteiger charge is -2.34. The predicted molar refractivity (Wildman–Crippen MR) is 88.0 cm³/mol. The third-order valence-electron chi connectivity index (χ3n) is 3.22. The van der Waals surface area contributed by atoms with Crippen molar-refractivity contribution in [1.82, 2.24) is 9.80 Å². The average molecular weight is 455 g/mol. The van der Waals surface area contributed by atoms with Gasteiger partial charge in [0.1, 0.15) is 0 Å². The van der Waals surface area contributed by atoms with E-state index in [0.717, 1.165) is 52.6 Å². The van der Waals surface area contributed by atoms with Crippen molar-refractivity contribution in [3.8, 4) is 0 Å². The number of benzene rings is 1. The molecule has 1 heterocycles. The third kappa shape index (κ3) is 4.03. The fourth-order valence-electron chi connectivity index (χ4n) is 2.13. The summed E-state index contributed by atoms with van der Waals surface area (Å²) in [6.07, 6.45) is 0. The van der Waals surface area contributed by atoms with Gasteiger partial charge in [0, 0.05) is 47.0 Å². The molecule has 0 radical (unpaired) electrons. The molecule has 1 aliphatic heterocycles. The quantitative estimate of drug-likeness (QED) is 0.654. The maximum atomic E-state index is 12.4. The van der Waals surface area contributed by atoms with Crippen LogP contribution in [-0.4, -0.2) is 53.8 Å². The first kappa shape index (κ1) is 15.5. The molecule has 1 fully saturated rings. The van der Waals surface area contributed by atoms with Gasteiger partial charge >= 0.3 is 0 Å². The molecule has 1 amide bonds. The van der Waals surface area contributed by atoms with Crippen LogP contribution in [0.3, 0.4) is 0 Å². The first-order valence-electron chi connectivity index (χ1n) is 6.14. The van der Waals surface area contributed by atoms with Crippen molar-refractivity contribution < 1.29 is 4.79 Å². The van der Waals surface area contributed by atoms with Crippen LogP contribution in [0.2, 0.25) is 0 Å². The Hall–Kier alpha value is 0.0900. The molecular weight excluding hydrogens is 440 g/mol. The molecule has 0 bridgehead atoms. The SMILES string of the molecule is O=C(c1ccc(Br)cc1Br)N1CCN(CCBr)CC1. The number of rotatable bonds is 3. The first-order valence-corrected chi connectivity index (χ1v) is 8.85. The highest BCUT2D eigenvalue weighted by atomic mass is 79.9. The summed E-state index contributed by atoms with van der Waals surface area (Å²) in [7, 11) is 0. The second-order valence-electron chi connectivity index (χ2n) is 4.45. The van der Waals surface area contributed by atoms with Gasteiger partial charge in [-0.05, 0) is 34.1 Å². The molecule has 1 aromatic carbocycles. The fourth-order valence-corrected chi connectivity index (χ4v) is 3.85. The smallest absolute Gasteiger partial charge is 0.255 e. The highest BCUT2D eigenvalue weighted by molar-refractivity contribution is 9.11. The molecule has 3 nitrogen and oxygen atoms in total. The number of hydrogen-bond donors (Lipinski definition) is 0. The molecule has 0 aromatic heterocycles. The van der Waals surface area contributed by atoms with Gasteiger partial charge in [0.15, 0.2) is 0 Å². The fraction of sp³-hybridized carbons (Fsp3) is 0.462. The highest BCUT2D eigenvalue weighted by Crippen LogP contribution is 2.23. The molecule has 0 aliphatic carbocycles. The molecule has 0 saturated carbocycles. The van der Waals surface area contributed by atoms with Crippen LogP contribution < -0.4 is 0 Å². The van der Waals surface area contributed by atoms with Crippen molar-refractivity contribution in [2.75, 3.05) is 38.1 Å². The molecule has 0 unspecified atom stereocenters. The van der Waals surface area contributed by atoms with E-state index in [1.807, 2.05) is 23.1 Å².